The van der Waals surface area contributed by atoms with Crippen LogP contribution in [0.5, 0.6) is 11.5 Å². The summed E-state index contributed by atoms with van der Waals surface area (Å²) in [5.41, 5.74) is 1.27. The van der Waals surface area contributed by atoms with Crippen LogP contribution in [0.15, 0.2) is 18.2 Å². The van der Waals surface area contributed by atoms with Crippen LogP contribution in [0.4, 0.5) is 0 Å². The van der Waals surface area contributed by atoms with E-state index in [4.69, 9.17) is 9.47 Å². The minimum Gasteiger partial charge on any atom is -0.490 e. The predicted octanol–water partition coefficient (Wildman–Crippen LogP) is 4.57. The second-order valence-electron chi connectivity index (χ2n) is 5.74. The van der Waals surface area contributed by atoms with Crippen molar-refractivity contribution < 1.29 is 9.47 Å². The van der Waals surface area contributed by atoms with Crippen LogP contribution in [0, 0.1) is 5.92 Å². The third-order valence-electron chi connectivity index (χ3n) is 3.59. The van der Waals surface area contributed by atoms with Crippen molar-refractivity contribution >= 4 is 0 Å². The standard InChI is InChI=1S/C18H31NO2/c1-6-20-17-12-11-15(13-18(17)21-7-2)16(19-5)10-8-9-14(3)4/h11-14,16,19H,6-10H2,1-5H3. The Bertz CT molecular complexity index is 404. The second-order valence-corrected chi connectivity index (χ2v) is 5.74. The summed E-state index contributed by atoms with van der Waals surface area (Å²) < 4.78 is 11.3. The zero-order valence-corrected chi connectivity index (χ0v) is 14.2. The van der Waals surface area contributed by atoms with E-state index in [0.29, 0.717) is 19.3 Å². The van der Waals surface area contributed by atoms with Crippen LogP contribution >= 0.6 is 0 Å². The van der Waals surface area contributed by atoms with E-state index in [1.165, 1.54) is 18.4 Å². The Labute approximate surface area is 130 Å². The molecule has 0 amide bonds. The molecule has 0 spiro atoms. The third-order valence-corrected chi connectivity index (χ3v) is 3.59. The molecule has 0 radical (unpaired) electrons. The molecule has 0 fully saturated rings. The zero-order chi connectivity index (χ0) is 15.7. The molecular weight excluding hydrogens is 262 g/mol. The van der Waals surface area contributed by atoms with E-state index in [1.54, 1.807) is 0 Å². The van der Waals surface area contributed by atoms with Gasteiger partial charge in [0.2, 0.25) is 0 Å². The van der Waals surface area contributed by atoms with Crippen molar-refractivity contribution in [1.29, 1.82) is 0 Å². The summed E-state index contributed by atoms with van der Waals surface area (Å²) in [6.07, 6.45) is 3.65. The van der Waals surface area contributed by atoms with E-state index in [-0.39, 0.29) is 0 Å². The quantitative estimate of drug-likeness (QED) is 0.685. The number of hydrogen-bond donors (Lipinski definition) is 1. The average Bonchev–Trinajstić information content (AvgIpc) is 2.46. The maximum absolute atomic E-state index is 5.71. The van der Waals surface area contributed by atoms with Crippen LogP contribution in [0.2, 0.25) is 0 Å². The molecule has 1 atom stereocenters. The van der Waals surface area contributed by atoms with Crippen LogP contribution in [0.3, 0.4) is 0 Å². The molecule has 0 saturated carbocycles. The molecule has 0 saturated heterocycles. The molecule has 0 bridgehead atoms. The van der Waals surface area contributed by atoms with Crippen molar-refractivity contribution in [1.82, 2.24) is 5.32 Å². The van der Waals surface area contributed by atoms with Crippen molar-refractivity contribution in [2.45, 2.75) is 53.0 Å². The van der Waals surface area contributed by atoms with Crippen LogP contribution in [0.1, 0.15) is 58.6 Å². The average molecular weight is 293 g/mol. The van der Waals surface area contributed by atoms with Gasteiger partial charge in [-0.05, 0) is 50.9 Å². The van der Waals surface area contributed by atoms with E-state index in [9.17, 15) is 0 Å². The van der Waals surface area contributed by atoms with Crippen molar-refractivity contribution in [3.63, 3.8) is 0 Å². The summed E-state index contributed by atoms with van der Waals surface area (Å²) >= 11 is 0. The topological polar surface area (TPSA) is 30.5 Å². The first kappa shape index (κ1) is 17.8. The Morgan fingerprint density at radius 1 is 1.00 bits per heavy atom. The minimum absolute atomic E-state index is 0.374. The van der Waals surface area contributed by atoms with E-state index >= 15 is 0 Å². The van der Waals surface area contributed by atoms with Gasteiger partial charge in [-0.2, -0.15) is 0 Å². The Kier molecular flexibility index (Phi) is 8.21. The van der Waals surface area contributed by atoms with E-state index in [1.807, 2.05) is 27.0 Å². The molecular formula is C18H31NO2. The van der Waals surface area contributed by atoms with E-state index in [0.717, 1.165) is 23.8 Å². The second kappa shape index (κ2) is 9.67. The van der Waals surface area contributed by atoms with Gasteiger partial charge in [-0.1, -0.05) is 32.8 Å². The van der Waals surface area contributed by atoms with Gasteiger partial charge in [-0.3, -0.25) is 0 Å². The van der Waals surface area contributed by atoms with Gasteiger partial charge in [0, 0.05) is 6.04 Å². The van der Waals surface area contributed by atoms with Gasteiger partial charge in [0.1, 0.15) is 0 Å². The lowest BCUT2D eigenvalue weighted by Crippen LogP contribution is -2.16. The highest BCUT2D eigenvalue weighted by atomic mass is 16.5. The van der Waals surface area contributed by atoms with Crippen LogP contribution in [0.25, 0.3) is 0 Å². The van der Waals surface area contributed by atoms with Gasteiger partial charge in [0.25, 0.3) is 0 Å². The molecule has 0 aromatic heterocycles. The Hall–Kier alpha value is -1.22. The summed E-state index contributed by atoms with van der Waals surface area (Å²) in [6.45, 7) is 9.85. The molecule has 120 valence electrons. The highest BCUT2D eigenvalue weighted by Gasteiger charge is 2.13. The number of hydrogen-bond acceptors (Lipinski definition) is 3. The van der Waals surface area contributed by atoms with Gasteiger partial charge in [0.15, 0.2) is 11.5 Å². The maximum atomic E-state index is 5.71. The molecule has 21 heavy (non-hydrogen) atoms. The molecule has 3 nitrogen and oxygen atoms in total. The van der Waals surface area contributed by atoms with Gasteiger partial charge in [-0.25, -0.2) is 0 Å². The van der Waals surface area contributed by atoms with E-state index in [2.05, 4.69) is 31.3 Å². The predicted molar refractivity (Wildman–Crippen MR) is 89.3 cm³/mol. The SMILES string of the molecule is CCOc1ccc(C(CCCC(C)C)NC)cc1OCC. The maximum Gasteiger partial charge on any atom is 0.161 e. The van der Waals surface area contributed by atoms with Crippen LogP contribution in [-0.2, 0) is 0 Å². The van der Waals surface area contributed by atoms with Gasteiger partial charge in [0.05, 0.1) is 13.2 Å². The molecule has 0 heterocycles. The van der Waals surface area contributed by atoms with Gasteiger partial charge < -0.3 is 14.8 Å². The molecule has 1 N–H and O–H groups in total. The molecule has 1 rings (SSSR count). The molecule has 0 aliphatic carbocycles. The summed E-state index contributed by atoms with van der Waals surface area (Å²) in [4.78, 5) is 0. The fourth-order valence-corrected chi connectivity index (χ4v) is 2.49. The smallest absolute Gasteiger partial charge is 0.161 e. The Morgan fingerprint density at radius 2 is 1.67 bits per heavy atom. The lowest BCUT2D eigenvalue weighted by atomic mass is 9.98. The first-order valence-electron chi connectivity index (χ1n) is 8.19. The minimum atomic E-state index is 0.374. The molecule has 3 heteroatoms. The first-order chi connectivity index (χ1) is 10.1. The molecule has 0 aliphatic rings. The number of nitrogens with one attached hydrogen (secondary N) is 1. The summed E-state index contributed by atoms with van der Waals surface area (Å²) in [5, 5.41) is 3.42. The first-order valence-corrected chi connectivity index (χ1v) is 8.19. The number of rotatable bonds is 10. The van der Waals surface area contributed by atoms with Crippen molar-refractivity contribution in [3.05, 3.63) is 23.8 Å². The van der Waals surface area contributed by atoms with Crippen molar-refractivity contribution in [2.24, 2.45) is 5.92 Å². The molecule has 1 aromatic rings. The molecule has 1 aromatic carbocycles. The van der Waals surface area contributed by atoms with Gasteiger partial charge in [-0.15, -0.1) is 0 Å². The largest absolute Gasteiger partial charge is 0.490 e. The summed E-state index contributed by atoms with van der Waals surface area (Å²) in [5.74, 6) is 2.45. The highest BCUT2D eigenvalue weighted by molar-refractivity contribution is 5.44. The molecule has 0 aliphatic heterocycles. The lowest BCUT2D eigenvalue weighted by molar-refractivity contribution is 0.287. The Balaban J connectivity index is 2.81. The van der Waals surface area contributed by atoms with Crippen LogP contribution < -0.4 is 14.8 Å². The fraction of sp³-hybridized carbons (Fsp3) is 0.667. The van der Waals surface area contributed by atoms with E-state index < -0.39 is 0 Å². The van der Waals surface area contributed by atoms with Crippen molar-refractivity contribution in [2.75, 3.05) is 20.3 Å². The lowest BCUT2D eigenvalue weighted by Gasteiger charge is -2.19. The zero-order valence-electron chi connectivity index (χ0n) is 14.2. The monoisotopic (exact) mass is 293 g/mol. The number of benzene rings is 1. The summed E-state index contributed by atoms with van der Waals surface area (Å²) in [7, 11) is 2.02. The molecule has 1 unspecified atom stereocenters. The van der Waals surface area contributed by atoms with Gasteiger partial charge >= 0.3 is 0 Å². The summed E-state index contributed by atoms with van der Waals surface area (Å²) in [6, 6.07) is 6.66. The van der Waals surface area contributed by atoms with Crippen LogP contribution in [-0.4, -0.2) is 20.3 Å². The highest BCUT2D eigenvalue weighted by Crippen LogP contribution is 2.32. The third kappa shape index (κ3) is 5.96. The number of ether oxygens (including phenoxy) is 2. The van der Waals surface area contributed by atoms with Crippen molar-refractivity contribution in [3.8, 4) is 11.5 Å². The normalized spacial score (nSPS) is 12.5. The Morgan fingerprint density at radius 3 is 2.24 bits per heavy atom. The fourth-order valence-electron chi connectivity index (χ4n) is 2.49.